The van der Waals surface area contributed by atoms with Crippen LogP contribution in [0, 0.1) is 20.8 Å². The molecule has 0 aromatic heterocycles. The average molecular weight is 354 g/mol. The molecule has 0 saturated heterocycles. The second-order valence-corrected chi connectivity index (χ2v) is 7.65. The number of nitrogens with one attached hydrogen (secondary N) is 1. The maximum absolute atomic E-state index is 12.2. The molecule has 6 heteroatoms. The van der Waals surface area contributed by atoms with Gasteiger partial charge in [0, 0.05) is 11.6 Å². The molecule has 0 aliphatic carbocycles. The van der Waals surface area contributed by atoms with Gasteiger partial charge in [0.15, 0.2) is 0 Å². The highest BCUT2D eigenvalue weighted by molar-refractivity contribution is 7.89. The van der Waals surface area contributed by atoms with Crippen molar-refractivity contribution in [3.63, 3.8) is 0 Å². The number of benzene rings is 2. The van der Waals surface area contributed by atoms with E-state index in [9.17, 15) is 8.42 Å². The number of aryl methyl sites for hydroxylation is 3. The molecule has 2 rings (SSSR count). The minimum atomic E-state index is -3.56. The van der Waals surface area contributed by atoms with Gasteiger partial charge >= 0.3 is 0 Å². The number of halogens is 1. The van der Waals surface area contributed by atoms with Crippen LogP contribution in [0.25, 0.3) is 0 Å². The first-order chi connectivity index (χ1) is 10.8. The Labute approximate surface area is 142 Å². The maximum Gasteiger partial charge on any atom is 0.240 e. The number of ether oxygens (including phenoxy) is 1. The lowest BCUT2D eigenvalue weighted by Crippen LogP contribution is -2.28. The molecule has 0 atom stereocenters. The van der Waals surface area contributed by atoms with Crippen LogP contribution < -0.4 is 9.46 Å². The summed E-state index contributed by atoms with van der Waals surface area (Å²) in [5.41, 5.74) is 2.94. The molecule has 23 heavy (non-hydrogen) atoms. The molecule has 4 nitrogen and oxygen atoms in total. The van der Waals surface area contributed by atoms with Crippen molar-refractivity contribution in [1.29, 1.82) is 0 Å². The lowest BCUT2D eigenvalue weighted by atomic mass is 10.1. The van der Waals surface area contributed by atoms with Crippen LogP contribution in [-0.2, 0) is 10.0 Å². The lowest BCUT2D eigenvalue weighted by Gasteiger charge is -2.10. The van der Waals surface area contributed by atoms with E-state index in [2.05, 4.69) is 10.8 Å². The van der Waals surface area contributed by atoms with Gasteiger partial charge in [0.2, 0.25) is 10.0 Å². The minimum Gasteiger partial charge on any atom is -0.492 e. The molecule has 1 N–H and O–H groups in total. The second-order valence-electron chi connectivity index (χ2n) is 5.48. The molecule has 0 radical (unpaired) electrons. The zero-order valence-electron chi connectivity index (χ0n) is 13.4. The van der Waals surface area contributed by atoms with Gasteiger partial charge in [-0.3, -0.25) is 0 Å². The minimum absolute atomic E-state index is 0.191. The Hall–Kier alpha value is -1.56. The third-order valence-electron chi connectivity index (χ3n) is 3.30. The lowest BCUT2D eigenvalue weighted by molar-refractivity contribution is 0.322. The largest absolute Gasteiger partial charge is 0.492 e. The van der Waals surface area contributed by atoms with Crippen molar-refractivity contribution < 1.29 is 13.2 Å². The summed E-state index contributed by atoms with van der Waals surface area (Å²) in [5.74, 6) is 0.740. The van der Waals surface area contributed by atoms with E-state index in [1.165, 1.54) is 6.07 Å². The van der Waals surface area contributed by atoms with E-state index in [1.807, 2.05) is 26.0 Å². The van der Waals surface area contributed by atoms with Crippen molar-refractivity contribution in [3.8, 4) is 5.75 Å². The van der Waals surface area contributed by atoms with Gasteiger partial charge in [-0.05, 0) is 67.8 Å². The Morgan fingerprint density at radius 2 is 1.70 bits per heavy atom. The highest BCUT2D eigenvalue weighted by atomic mass is 35.5. The molecule has 0 amide bonds. The predicted octanol–water partition coefficient (Wildman–Crippen LogP) is 3.62. The fraction of sp³-hybridized carbons (Fsp3) is 0.294. The number of hydrogen-bond acceptors (Lipinski definition) is 3. The molecule has 2 aromatic carbocycles. The highest BCUT2D eigenvalue weighted by Crippen LogP contribution is 2.19. The van der Waals surface area contributed by atoms with Gasteiger partial charge in [-0.1, -0.05) is 17.7 Å². The Balaban J connectivity index is 1.93. The van der Waals surface area contributed by atoms with Crippen LogP contribution in [0.2, 0.25) is 5.02 Å². The van der Waals surface area contributed by atoms with Crippen LogP contribution in [0.15, 0.2) is 41.3 Å². The van der Waals surface area contributed by atoms with Crippen molar-refractivity contribution >= 4 is 21.6 Å². The summed E-state index contributed by atoms with van der Waals surface area (Å²) >= 11 is 5.92. The van der Waals surface area contributed by atoms with Crippen LogP contribution in [0.1, 0.15) is 16.7 Å². The van der Waals surface area contributed by atoms with Crippen LogP contribution >= 0.6 is 11.6 Å². The van der Waals surface area contributed by atoms with E-state index in [1.54, 1.807) is 19.1 Å². The van der Waals surface area contributed by atoms with Gasteiger partial charge in [0.25, 0.3) is 0 Å². The van der Waals surface area contributed by atoms with E-state index >= 15 is 0 Å². The summed E-state index contributed by atoms with van der Waals surface area (Å²) in [6.45, 7) is 6.20. The Kier molecular flexibility index (Phi) is 5.68. The SMILES string of the molecule is Cc1cc(C)cc(OCCNS(=O)(=O)c2ccc(Cl)c(C)c2)c1. The van der Waals surface area contributed by atoms with Crippen molar-refractivity contribution in [2.24, 2.45) is 0 Å². The molecule has 0 aliphatic rings. The molecule has 0 spiro atoms. The normalized spacial score (nSPS) is 11.5. The number of sulfonamides is 1. The van der Waals surface area contributed by atoms with Crippen LogP contribution in [0.5, 0.6) is 5.75 Å². The Morgan fingerprint density at radius 1 is 1.04 bits per heavy atom. The van der Waals surface area contributed by atoms with E-state index in [0.29, 0.717) is 5.02 Å². The van der Waals surface area contributed by atoms with Crippen LogP contribution in [0.3, 0.4) is 0 Å². The predicted molar refractivity (Wildman–Crippen MR) is 92.8 cm³/mol. The molecule has 124 valence electrons. The molecular formula is C17H20ClNO3S. The third-order valence-corrected chi connectivity index (χ3v) is 5.18. The molecule has 0 saturated carbocycles. The first-order valence-electron chi connectivity index (χ1n) is 7.25. The van der Waals surface area contributed by atoms with Crippen molar-refractivity contribution in [2.45, 2.75) is 25.7 Å². The van der Waals surface area contributed by atoms with Gasteiger partial charge in [0.05, 0.1) is 4.90 Å². The maximum atomic E-state index is 12.2. The average Bonchev–Trinajstić information content (AvgIpc) is 2.45. The zero-order chi connectivity index (χ0) is 17.0. The van der Waals surface area contributed by atoms with Gasteiger partial charge in [0.1, 0.15) is 12.4 Å². The van der Waals surface area contributed by atoms with E-state index < -0.39 is 10.0 Å². The smallest absolute Gasteiger partial charge is 0.240 e. The van der Waals surface area contributed by atoms with Crippen molar-refractivity contribution in [2.75, 3.05) is 13.2 Å². The summed E-state index contributed by atoms with van der Waals surface area (Å²) in [7, 11) is -3.56. The fourth-order valence-electron chi connectivity index (χ4n) is 2.23. The van der Waals surface area contributed by atoms with Gasteiger partial charge in [-0.2, -0.15) is 0 Å². The molecule has 0 aliphatic heterocycles. The Morgan fingerprint density at radius 3 is 2.30 bits per heavy atom. The second kappa shape index (κ2) is 7.34. The first-order valence-corrected chi connectivity index (χ1v) is 9.11. The molecule has 0 heterocycles. The van der Waals surface area contributed by atoms with E-state index in [4.69, 9.17) is 16.3 Å². The fourth-order valence-corrected chi connectivity index (χ4v) is 3.44. The quantitative estimate of drug-likeness (QED) is 0.807. The summed E-state index contributed by atoms with van der Waals surface area (Å²) in [6.07, 6.45) is 0. The van der Waals surface area contributed by atoms with Gasteiger partial charge in [-0.15, -0.1) is 0 Å². The van der Waals surface area contributed by atoms with Gasteiger partial charge in [-0.25, -0.2) is 13.1 Å². The standard InChI is InChI=1S/C17H20ClNO3S/c1-12-8-13(2)10-15(9-12)22-7-6-19-23(20,21)16-4-5-17(18)14(3)11-16/h4-5,8-11,19H,6-7H2,1-3H3. The van der Waals surface area contributed by atoms with Crippen LogP contribution in [0.4, 0.5) is 0 Å². The number of hydrogen-bond donors (Lipinski definition) is 1. The van der Waals surface area contributed by atoms with Crippen molar-refractivity contribution in [1.82, 2.24) is 4.72 Å². The highest BCUT2D eigenvalue weighted by Gasteiger charge is 2.14. The van der Waals surface area contributed by atoms with E-state index in [-0.39, 0.29) is 18.0 Å². The topological polar surface area (TPSA) is 55.4 Å². The van der Waals surface area contributed by atoms with Gasteiger partial charge < -0.3 is 4.74 Å². The summed E-state index contributed by atoms with van der Waals surface area (Å²) in [6, 6.07) is 10.5. The summed E-state index contributed by atoms with van der Waals surface area (Å²) in [5, 5.41) is 0.544. The summed E-state index contributed by atoms with van der Waals surface area (Å²) < 4.78 is 32.5. The molecular weight excluding hydrogens is 334 g/mol. The number of rotatable bonds is 6. The third kappa shape index (κ3) is 4.96. The first kappa shape index (κ1) is 17.8. The molecule has 2 aromatic rings. The Bertz CT molecular complexity index is 783. The molecule has 0 unspecified atom stereocenters. The zero-order valence-corrected chi connectivity index (χ0v) is 15.0. The molecule has 0 fully saturated rings. The van der Waals surface area contributed by atoms with Crippen LogP contribution in [-0.4, -0.2) is 21.6 Å². The van der Waals surface area contributed by atoms with Crippen molar-refractivity contribution in [3.05, 3.63) is 58.1 Å². The summed E-state index contributed by atoms with van der Waals surface area (Å²) in [4.78, 5) is 0.200. The molecule has 0 bridgehead atoms. The monoisotopic (exact) mass is 353 g/mol. The van der Waals surface area contributed by atoms with E-state index in [0.717, 1.165) is 22.4 Å².